The summed E-state index contributed by atoms with van der Waals surface area (Å²) in [5.74, 6) is -1.81. The van der Waals surface area contributed by atoms with E-state index < -0.39 is 11.3 Å². The topological polar surface area (TPSA) is 66.5 Å². The van der Waals surface area contributed by atoms with Gasteiger partial charge in [0, 0.05) is 17.5 Å². The van der Waals surface area contributed by atoms with Crippen LogP contribution in [0.2, 0.25) is 0 Å². The van der Waals surface area contributed by atoms with Crippen LogP contribution in [0.5, 0.6) is 0 Å². The summed E-state index contributed by atoms with van der Waals surface area (Å²) in [5, 5.41) is 3.13. The van der Waals surface area contributed by atoms with E-state index >= 15 is 0 Å². The molecule has 1 saturated heterocycles. The van der Waals surface area contributed by atoms with Gasteiger partial charge in [0.05, 0.1) is 22.6 Å². The summed E-state index contributed by atoms with van der Waals surface area (Å²) in [6.07, 6.45) is 1.55. The predicted octanol–water partition coefficient (Wildman–Crippen LogP) is 6.85. The van der Waals surface area contributed by atoms with Gasteiger partial charge in [0.1, 0.15) is 0 Å². The van der Waals surface area contributed by atoms with E-state index in [0.717, 1.165) is 51.9 Å². The number of carbonyl (C=O) groups is 3. The molecule has 1 fully saturated rings. The maximum Gasteiger partial charge on any atom is 0.257 e. The Morgan fingerprint density at radius 2 is 1.29 bits per heavy atom. The summed E-state index contributed by atoms with van der Waals surface area (Å²) >= 11 is 0. The highest BCUT2D eigenvalue weighted by Crippen LogP contribution is 2.67. The number of aryl methyl sites for hydroxylation is 2. The van der Waals surface area contributed by atoms with Crippen molar-refractivity contribution in [3.63, 3.8) is 0 Å². The highest BCUT2D eigenvalue weighted by molar-refractivity contribution is 6.27. The van der Waals surface area contributed by atoms with Crippen LogP contribution in [-0.2, 0) is 22.4 Å². The van der Waals surface area contributed by atoms with E-state index in [9.17, 15) is 14.4 Å². The lowest BCUT2D eigenvalue weighted by Gasteiger charge is -2.51. The van der Waals surface area contributed by atoms with Crippen molar-refractivity contribution in [2.75, 3.05) is 10.2 Å². The fourth-order valence-electron chi connectivity index (χ4n) is 7.79. The van der Waals surface area contributed by atoms with Gasteiger partial charge in [0.2, 0.25) is 11.8 Å². The number of benzene rings is 4. The summed E-state index contributed by atoms with van der Waals surface area (Å²) in [5.41, 5.74) is 7.08. The summed E-state index contributed by atoms with van der Waals surface area (Å²) in [7, 11) is 0. The van der Waals surface area contributed by atoms with E-state index in [1.165, 1.54) is 4.90 Å². The number of carbonyl (C=O) groups excluding carboxylic acids is 3. The van der Waals surface area contributed by atoms with Crippen LogP contribution >= 0.6 is 0 Å². The first-order valence-electron chi connectivity index (χ1n) is 14.5. The average Bonchev–Trinajstić information content (AvgIpc) is 3.21. The largest absolute Gasteiger partial charge is 0.321 e. The zero-order valence-corrected chi connectivity index (χ0v) is 23.5. The van der Waals surface area contributed by atoms with Gasteiger partial charge in [-0.15, -0.1) is 0 Å². The monoisotopic (exact) mass is 540 g/mol. The second-order valence-electron chi connectivity index (χ2n) is 11.5. The van der Waals surface area contributed by atoms with Crippen molar-refractivity contribution in [2.45, 2.75) is 45.4 Å². The zero-order valence-electron chi connectivity index (χ0n) is 23.5. The van der Waals surface area contributed by atoms with Crippen LogP contribution in [0.1, 0.15) is 76.3 Å². The third-order valence-electron chi connectivity index (χ3n) is 9.64. The fourth-order valence-corrected chi connectivity index (χ4v) is 7.79. The van der Waals surface area contributed by atoms with E-state index in [1.807, 2.05) is 49.4 Å². The molecular weight excluding hydrogens is 508 g/mol. The lowest BCUT2D eigenvalue weighted by Crippen LogP contribution is -2.49. The Bertz CT molecular complexity index is 1690. The van der Waals surface area contributed by atoms with Crippen molar-refractivity contribution in [3.05, 3.63) is 130 Å². The number of rotatable bonds is 5. The maximum atomic E-state index is 14.6. The van der Waals surface area contributed by atoms with Crippen LogP contribution in [0.3, 0.4) is 0 Å². The average molecular weight is 541 g/mol. The summed E-state index contributed by atoms with van der Waals surface area (Å²) in [6.45, 7) is 6.08. The van der Waals surface area contributed by atoms with Gasteiger partial charge >= 0.3 is 0 Å². The van der Waals surface area contributed by atoms with E-state index in [1.54, 1.807) is 24.3 Å². The van der Waals surface area contributed by atoms with Crippen LogP contribution in [0.4, 0.5) is 11.4 Å². The first-order valence-corrected chi connectivity index (χ1v) is 14.5. The SMILES string of the molecule is CCc1cccc(CC)c1NC(=O)c1ccccc1N1C(=O)[C@@H]2C3c4ccccc4C(c4ccccc43)[C@]2(C)C1=O. The smallest absolute Gasteiger partial charge is 0.257 e. The van der Waals surface area contributed by atoms with E-state index in [0.29, 0.717) is 11.3 Å². The minimum atomic E-state index is -0.960. The number of anilines is 2. The van der Waals surface area contributed by atoms with Gasteiger partial charge in [0.25, 0.3) is 5.91 Å². The molecule has 204 valence electrons. The highest BCUT2D eigenvalue weighted by Gasteiger charge is 2.69. The molecule has 1 aliphatic heterocycles. The van der Waals surface area contributed by atoms with Crippen molar-refractivity contribution in [3.8, 4) is 0 Å². The molecule has 4 aromatic rings. The molecule has 2 atom stereocenters. The maximum absolute atomic E-state index is 14.6. The van der Waals surface area contributed by atoms with Crippen LogP contribution in [0.15, 0.2) is 91.0 Å². The molecule has 1 heterocycles. The fraction of sp³-hybridized carbons (Fsp3) is 0.250. The first-order chi connectivity index (χ1) is 19.9. The molecule has 5 nitrogen and oxygen atoms in total. The molecule has 0 radical (unpaired) electrons. The number of hydrogen-bond acceptors (Lipinski definition) is 3. The Kier molecular flexibility index (Phi) is 5.75. The lowest BCUT2D eigenvalue weighted by atomic mass is 9.48. The first kappa shape index (κ1) is 25.5. The van der Waals surface area contributed by atoms with Gasteiger partial charge in [-0.3, -0.25) is 14.4 Å². The van der Waals surface area contributed by atoms with Crippen molar-refractivity contribution in [1.82, 2.24) is 0 Å². The highest BCUT2D eigenvalue weighted by atomic mass is 16.2. The number of para-hydroxylation sites is 2. The van der Waals surface area contributed by atoms with Gasteiger partial charge in [-0.1, -0.05) is 92.7 Å². The molecule has 0 aromatic heterocycles. The van der Waals surface area contributed by atoms with Gasteiger partial charge in [-0.2, -0.15) is 0 Å². The van der Waals surface area contributed by atoms with E-state index in [-0.39, 0.29) is 29.6 Å². The molecule has 1 N–H and O–H groups in total. The molecule has 5 heteroatoms. The van der Waals surface area contributed by atoms with Gasteiger partial charge < -0.3 is 5.32 Å². The van der Waals surface area contributed by atoms with Crippen LogP contribution in [0.25, 0.3) is 0 Å². The van der Waals surface area contributed by atoms with Crippen LogP contribution in [-0.4, -0.2) is 17.7 Å². The Labute approximate surface area is 240 Å². The number of amides is 3. The molecule has 3 aliphatic carbocycles. The van der Waals surface area contributed by atoms with Crippen molar-refractivity contribution in [2.24, 2.45) is 11.3 Å². The second kappa shape index (κ2) is 9.27. The minimum Gasteiger partial charge on any atom is -0.321 e. The van der Waals surface area contributed by atoms with Gasteiger partial charge in [-0.05, 0) is 65.3 Å². The van der Waals surface area contributed by atoms with Crippen molar-refractivity contribution in [1.29, 1.82) is 0 Å². The minimum absolute atomic E-state index is 0.219. The molecule has 41 heavy (non-hydrogen) atoms. The lowest BCUT2D eigenvalue weighted by molar-refractivity contribution is -0.128. The Morgan fingerprint density at radius 1 is 0.756 bits per heavy atom. The normalized spacial score (nSPS) is 23.7. The Morgan fingerprint density at radius 3 is 1.88 bits per heavy atom. The van der Waals surface area contributed by atoms with Crippen LogP contribution in [0, 0.1) is 11.3 Å². The molecule has 3 amide bonds. The molecule has 8 rings (SSSR count). The molecule has 4 aromatic carbocycles. The third-order valence-corrected chi connectivity index (χ3v) is 9.64. The number of hydrogen-bond donors (Lipinski definition) is 1. The van der Waals surface area contributed by atoms with Gasteiger partial charge in [0.15, 0.2) is 0 Å². The molecule has 0 saturated carbocycles. The van der Waals surface area contributed by atoms with E-state index in [4.69, 9.17) is 0 Å². The van der Waals surface area contributed by atoms with E-state index in [2.05, 4.69) is 43.4 Å². The second-order valence-corrected chi connectivity index (χ2v) is 11.5. The molecular formula is C36H32N2O3. The predicted molar refractivity (Wildman–Crippen MR) is 160 cm³/mol. The van der Waals surface area contributed by atoms with Gasteiger partial charge in [-0.25, -0.2) is 4.90 Å². The number of nitrogens with zero attached hydrogens (tertiary/aromatic N) is 1. The third kappa shape index (κ3) is 3.38. The molecule has 4 aliphatic rings. The standard InChI is InChI=1S/C36H32N2O3/c1-4-21-13-12-14-22(5-2)32(21)37-33(39)27-19-10-11-20-28(27)38-34(40)31-29-23-15-6-8-17-25(23)30(36(31,3)35(38)41)26-18-9-7-16-24(26)29/h6-20,29-31H,4-5H2,1-3H3,(H,37,39)/t29?,30?,31-,36-/m0/s1. The van der Waals surface area contributed by atoms with Crippen molar-refractivity contribution >= 4 is 29.1 Å². The Balaban J connectivity index is 1.34. The molecule has 0 spiro atoms. The quantitative estimate of drug-likeness (QED) is 0.282. The summed E-state index contributed by atoms with van der Waals surface area (Å²) in [4.78, 5) is 44.2. The summed E-state index contributed by atoms with van der Waals surface area (Å²) < 4.78 is 0. The molecule has 2 bridgehead atoms. The number of nitrogens with one attached hydrogen (secondary N) is 1. The zero-order chi connectivity index (χ0) is 28.5. The summed E-state index contributed by atoms with van der Waals surface area (Å²) in [6, 6.07) is 29.5. The van der Waals surface area contributed by atoms with Crippen molar-refractivity contribution < 1.29 is 14.4 Å². The Hall–Kier alpha value is -4.51. The molecule has 0 unspecified atom stereocenters. The number of imide groups is 1. The van der Waals surface area contributed by atoms with Crippen LogP contribution < -0.4 is 10.2 Å².